The van der Waals surface area contributed by atoms with E-state index < -0.39 is 5.92 Å². The van der Waals surface area contributed by atoms with Crippen LogP contribution in [0.2, 0.25) is 5.02 Å². The highest BCUT2D eigenvalue weighted by molar-refractivity contribution is 6.33. The predicted octanol–water partition coefficient (Wildman–Crippen LogP) is 3.92. The van der Waals surface area contributed by atoms with E-state index in [2.05, 4.69) is 10.3 Å². The zero-order chi connectivity index (χ0) is 24.1. The predicted molar refractivity (Wildman–Crippen MR) is 129 cm³/mol. The largest absolute Gasteiger partial charge is 0.493 e. The normalized spacial score (nSPS) is 17.3. The first-order valence-electron chi connectivity index (χ1n) is 11.0. The smallest absolute Gasteiger partial charge is 0.255 e. The first kappa shape index (κ1) is 23.6. The highest BCUT2D eigenvalue weighted by atomic mass is 35.5. The molecule has 0 radical (unpaired) electrons. The lowest BCUT2D eigenvalue weighted by Crippen LogP contribution is -2.35. The second-order valence-corrected chi connectivity index (χ2v) is 8.43. The van der Waals surface area contributed by atoms with E-state index in [-0.39, 0.29) is 24.3 Å². The van der Waals surface area contributed by atoms with E-state index in [1.54, 1.807) is 55.6 Å². The standard InChI is InChI=1S/C26H26ClN3O4/c1-33-23-12-7-10-18(24(23)34-2)20-15-30(26(32)19-9-3-4-11-22(19)27)16-21(20)25(31)29-14-17-8-5-6-13-28-17/h3-13,20-21H,14-16H2,1-2H3,(H,29,31). The summed E-state index contributed by atoms with van der Waals surface area (Å²) < 4.78 is 11.1. The summed E-state index contributed by atoms with van der Waals surface area (Å²) in [6.07, 6.45) is 1.69. The van der Waals surface area contributed by atoms with Gasteiger partial charge in [-0.25, -0.2) is 0 Å². The van der Waals surface area contributed by atoms with Crippen molar-refractivity contribution in [1.82, 2.24) is 15.2 Å². The number of rotatable bonds is 7. The Labute approximate surface area is 203 Å². The molecular weight excluding hydrogens is 454 g/mol. The maximum Gasteiger partial charge on any atom is 0.255 e. The first-order chi connectivity index (χ1) is 16.5. The minimum Gasteiger partial charge on any atom is -0.493 e. The molecule has 0 bridgehead atoms. The van der Waals surface area contributed by atoms with Crippen LogP contribution < -0.4 is 14.8 Å². The summed E-state index contributed by atoms with van der Waals surface area (Å²) in [5, 5.41) is 3.36. The van der Waals surface area contributed by atoms with Gasteiger partial charge in [-0.1, -0.05) is 41.9 Å². The third kappa shape index (κ3) is 4.84. The number of carbonyl (C=O) groups is 2. The van der Waals surface area contributed by atoms with Crippen LogP contribution >= 0.6 is 11.6 Å². The highest BCUT2D eigenvalue weighted by Gasteiger charge is 2.42. The fourth-order valence-corrected chi connectivity index (χ4v) is 4.59. The molecule has 2 unspecified atom stereocenters. The van der Waals surface area contributed by atoms with Gasteiger partial charge < -0.3 is 19.7 Å². The summed E-state index contributed by atoms with van der Waals surface area (Å²) in [5.41, 5.74) is 1.98. The summed E-state index contributed by atoms with van der Waals surface area (Å²) >= 11 is 6.28. The monoisotopic (exact) mass is 479 g/mol. The molecule has 2 amide bonds. The number of pyridine rings is 1. The minimum absolute atomic E-state index is 0.157. The maximum absolute atomic E-state index is 13.4. The van der Waals surface area contributed by atoms with Crippen LogP contribution in [0.15, 0.2) is 66.9 Å². The van der Waals surface area contributed by atoms with Gasteiger partial charge in [-0.15, -0.1) is 0 Å². The number of hydrogen-bond acceptors (Lipinski definition) is 5. The van der Waals surface area contributed by atoms with Gasteiger partial charge in [-0.2, -0.15) is 0 Å². The van der Waals surface area contributed by atoms with Crippen molar-refractivity contribution in [1.29, 1.82) is 0 Å². The van der Waals surface area contributed by atoms with Crippen molar-refractivity contribution in [3.8, 4) is 11.5 Å². The summed E-state index contributed by atoms with van der Waals surface area (Å²) in [4.78, 5) is 32.6. The van der Waals surface area contributed by atoms with Crippen molar-refractivity contribution in [2.45, 2.75) is 12.5 Å². The van der Waals surface area contributed by atoms with Crippen LogP contribution in [-0.4, -0.2) is 49.0 Å². The number of nitrogens with zero attached hydrogens (tertiary/aromatic N) is 2. The van der Waals surface area contributed by atoms with Crippen LogP contribution in [0.4, 0.5) is 0 Å². The van der Waals surface area contributed by atoms with Gasteiger partial charge in [0.15, 0.2) is 11.5 Å². The van der Waals surface area contributed by atoms with E-state index in [1.807, 2.05) is 30.3 Å². The molecule has 1 aliphatic rings. The van der Waals surface area contributed by atoms with Crippen LogP contribution in [0.3, 0.4) is 0 Å². The van der Waals surface area contributed by atoms with Gasteiger partial charge in [0.25, 0.3) is 5.91 Å². The Morgan fingerprint density at radius 3 is 2.53 bits per heavy atom. The van der Waals surface area contributed by atoms with Crippen molar-refractivity contribution in [3.05, 3.63) is 88.7 Å². The topological polar surface area (TPSA) is 80.8 Å². The molecule has 2 aromatic carbocycles. The number of benzene rings is 2. The van der Waals surface area contributed by atoms with Crippen LogP contribution in [0.25, 0.3) is 0 Å². The zero-order valence-corrected chi connectivity index (χ0v) is 19.8. The maximum atomic E-state index is 13.4. The van der Waals surface area contributed by atoms with E-state index in [1.165, 1.54) is 0 Å². The molecule has 0 spiro atoms. The number of methoxy groups -OCH3 is 2. The van der Waals surface area contributed by atoms with Crippen molar-refractivity contribution in [3.63, 3.8) is 0 Å². The molecule has 2 atom stereocenters. The Hall–Kier alpha value is -3.58. The van der Waals surface area contributed by atoms with Gasteiger partial charge >= 0.3 is 0 Å². The van der Waals surface area contributed by atoms with E-state index >= 15 is 0 Å². The lowest BCUT2D eigenvalue weighted by Gasteiger charge is -2.21. The summed E-state index contributed by atoms with van der Waals surface area (Å²) in [6, 6.07) is 18.1. The van der Waals surface area contributed by atoms with Crippen LogP contribution in [0.1, 0.15) is 27.5 Å². The molecule has 1 aliphatic heterocycles. The van der Waals surface area contributed by atoms with Crippen LogP contribution in [0.5, 0.6) is 11.5 Å². The quantitative estimate of drug-likeness (QED) is 0.555. The Kier molecular flexibility index (Phi) is 7.33. The molecule has 34 heavy (non-hydrogen) atoms. The molecule has 2 heterocycles. The van der Waals surface area contributed by atoms with E-state index in [9.17, 15) is 9.59 Å². The van der Waals surface area contributed by atoms with Crippen LogP contribution in [0, 0.1) is 5.92 Å². The minimum atomic E-state index is -0.490. The lowest BCUT2D eigenvalue weighted by molar-refractivity contribution is -0.125. The molecule has 3 aromatic rings. The summed E-state index contributed by atoms with van der Waals surface area (Å²) in [5.74, 6) is -0.0167. The number of para-hydroxylation sites is 1. The average Bonchev–Trinajstić information content (AvgIpc) is 3.32. The number of amides is 2. The molecule has 1 N–H and O–H groups in total. The molecule has 8 heteroatoms. The molecule has 1 saturated heterocycles. The zero-order valence-electron chi connectivity index (χ0n) is 19.0. The fourth-order valence-electron chi connectivity index (χ4n) is 4.37. The molecule has 4 rings (SSSR count). The van der Waals surface area contributed by atoms with Crippen molar-refractivity contribution in [2.75, 3.05) is 27.3 Å². The number of aromatic nitrogens is 1. The van der Waals surface area contributed by atoms with Gasteiger partial charge in [0.2, 0.25) is 5.91 Å². The van der Waals surface area contributed by atoms with E-state index in [0.717, 1.165) is 11.3 Å². The van der Waals surface area contributed by atoms with E-state index in [4.69, 9.17) is 21.1 Å². The number of likely N-dealkylation sites (tertiary alicyclic amines) is 1. The van der Waals surface area contributed by atoms with Gasteiger partial charge in [-0.3, -0.25) is 14.6 Å². The second-order valence-electron chi connectivity index (χ2n) is 8.02. The van der Waals surface area contributed by atoms with Crippen LogP contribution in [-0.2, 0) is 11.3 Å². The molecule has 0 saturated carbocycles. The fraction of sp³-hybridized carbons (Fsp3) is 0.269. The lowest BCUT2D eigenvalue weighted by atomic mass is 9.87. The SMILES string of the molecule is COc1cccc(C2CN(C(=O)c3ccccc3Cl)CC2C(=O)NCc2ccccn2)c1OC. The number of halogens is 1. The second kappa shape index (κ2) is 10.6. The molecule has 7 nitrogen and oxygen atoms in total. The average molecular weight is 480 g/mol. The molecule has 176 valence electrons. The molecule has 0 aliphatic carbocycles. The molecule has 1 aromatic heterocycles. The third-order valence-electron chi connectivity index (χ3n) is 6.05. The Balaban J connectivity index is 1.64. The van der Waals surface area contributed by atoms with E-state index in [0.29, 0.717) is 35.2 Å². The number of carbonyl (C=O) groups excluding carboxylic acids is 2. The third-order valence-corrected chi connectivity index (χ3v) is 6.38. The Morgan fingerprint density at radius 1 is 1.03 bits per heavy atom. The Bertz CT molecular complexity index is 1170. The van der Waals surface area contributed by atoms with Gasteiger partial charge in [-0.05, 0) is 30.3 Å². The molecular formula is C26H26ClN3O4. The van der Waals surface area contributed by atoms with Gasteiger partial charge in [0, 0.05) is 30.8 Å². The highest BCUT2D eigenvalue weighted by Crippen LogP contribution is 2.42. The van der Waals surface area contributed by atoms with Gasteiger partial charge in [0.1, 0.15) is 0 Å². The number of hydrogen-bond donors (Lipinski definition) is 1. The first-order valence-corrected chi connectivity index (χ1v) is 11.3. The molecule has 1 fully saturated rings. The van der Waals surface area contributed by atoms with Crippen molar-refractivity contribution >= 4 is 23.4 Å². The van der Waals surface area contributed by atoms with Crippen molar-refractivity contribution < 1.29 is 19.1 Å². The number of nitrogens with one attached hydrogen (secondary N) is 1. The van der Waals surface area contributed by atoms with Gasteiger partial charge in [0.05, 0.1) is 43.0 Å². The Morgan fingerprint density at radius 2 is 1.82 bits per heavy atom. The number of ether oxygens (including phenoxy) is 2. The van der Waals surface area contributed by atoms with Crippen molar-refractivity contribution in [2.24, 2.45) is 5.92 Å². The summed E-state index contributed by atoms with van der Waals surface area (Å²) in [7, 11) is 3.14. The summed E-state index contributed by atoms with van der Waals surface area (Å²) in [6.45, 7) is 0.898.